The molecular formula is C15H25N3O. The van der Waals surface area contributed by atoms with E-state index in [1.807, 2.05) is 18.2 Å². The van der Waals surface area contributed by atoms with Gasteiger partial charge >= 0.3 is 0 Å². The van der Waals surface area contributed by atoms with Gasteiger partial charge in [-0.2, -0.15) is 0 Å². The van der Waals surface area contributed by atoms with Crippen LogP contribution < -0.4 is 10.6 Å². The van der Waals surface area contributed by atoms with E-state index in [4.69, 9.17) is 0 Å². The summed E-state index contributed by atoms with van der Waals surface area (Å²) in [4.78, 5) is 4.51. The van der Waals surface area contributed by atoms with E-state index in [1.165, 1.54) is 19.3 Å². The van der Waals surface area contributed by atoms with Crippen molar-refractivity contribution in [1.29, 1.82) is 0 Å². The lowest BCUT2D eigenvalue weighted by Gasteiger charge is -2.35. The van der Waals surface area contributed by atoms with Crippen LogP contribution in [0.5, 0.6) is 0 Å². The number of hydrogen-bond donors (Lipinski definition) is 3. The maximum Gasteiger partial charge on any atom is 0.128 e. The number of nitrogens with zero attached hydrogens (tertiary/aromatic N) is 1. The molecule has 1 fully saturated rings. The van der Waals surface area contributed by atoms with Gasteiger partial charge in [0.05, 0.1) is 6.61 Å². The molecular weight excluding hydrogens is 238 g/mol. The average Bonchev–Trinajstić information content (AvgIpc) is 2.47. The summed E-state index contributed by atoms with van der Waals surface area (Å²) in [7, 11) is 0. The number of hydrogen-bond acceptors (Lipinski definition) is 4. The third-order valence-electron chi connectivity index (χ3n) is 4.00. The summed E-state index contributed by atoms with van der Waals surface area (Å²) < 4.78 is 0. The Morgan fingerprint density at radius 1 is 1.16 bits per heavy atom. The third-order valence-corrected chi connectivity index (χ3v) is 4.00. The molecule has 1 saturated carbocycles. The highest BCUT2D eigenvalue weighted by molar-refractivity contribution is 5.45. The molecule has 0 spiro atoms. The Morgan fingerprint density at radius 3 is 2.47 bits per heavy atom. The van der Waals surface area contributed by atoms with E-state index in [0.717, 1.165) is 37.6 Å². The van der Waals surface area contributed by atoms with Crippen molar-refractivity contribution in [2.24, 2.45) is 5.41 Å². The summed E-state index contributed by atoms with van der Waals surface area (Å²) in [6.07, 6.45) is 5.99. The van der Waals surface area contributed by atoms with Crippen LogP contribution in [0.15, 0.2) is 18.2 Å². The van der Waals surface area contributed by atoms with Crippen LogP contribution in [0.3, 0.4) is 0 Å². The quantitative estimate of drug-likeness (QED) is 0.738. The molecule has 106 valence electrons. The summed E-state index contributed by atoms with van der Waals surface area (Å²) >= 11 is 0. The van der Waals surface area contributed by atoms with E-state index in [-0.39, 0.29) is 12.0 Å². The van der Waals surface area contributed by atoms with Crippen LogP contribution in [0.4, 0.5) is 11.6 Å². The Kier molecular flexibility index (Phi) is 5.02. The van der Waals surface area contributed by atoms with Gasteiger partial charge in [-0.1, -0.05) is 25.3 Å². The second-order valence-corrected chi connectivity index (χ2v) is 5.51. The minimum absolute atomic E-state index is 0.0497. The molecule has 19 heavy (non-hydrogen) atoms. The van der Waals surface area contributed by atoms with E-state index in [2.05, 4.69) is 22.5 Å². The van der Waals surface area contributed by atoms with Gasteiger partial charge in [-0.15, -0.1) is 0 Å². The monoisotopic (exact) mass is 263 g/mol. The largest absolute Gasteiger partial charge is 0.396 e. The van der Waals surface area contributed by atoms with E-state index in [0.29, 0.717) is 0 Å². The first-order valence-corrected chi connectivity index (χ1v) is 7.34. The van der Waals surface area contributed by atoms with Crippen molar-refractivity contribution in [3.05, 3.63) is 18.2 Å². The van der Waals surface area contributed by atoms with Crippen LogP contribution in [0.25, 0.3) is 0 Å². The van der Waals surface area contributed by atoms with E-state index < -0.39 is 0 Å². The number of pyridine rings is 1. The predicted octanol–water partition coefficient (Wildman–Crippen LogP) is 2.87. The zero-order valence-electron chi connectivity index (χ0n) is 11.8. The molecule has 1 aromatic rings. The lowest BCUT2D eigenvalue weighted by atomic mass is 9.74. The van der Waals surface area contributed by atoms with Crippen molar-refractivity contribution in [2.75, 3.05) is 30.3 Å². The molecule has 0 unspecified atom stereocenters. The van der Waals surface area contributed by atoms with Crippen molar-refractivity contribution >= 4 is 11.6 Å². The lowest BCUT2D eigenvalue weighted by Crippen LogP contribution is -2.35. The predicted molar refractivity (Wildman–Crippen MR) is 79.5 cm³/mol. The Bertz CT molecular complexity index is 389. The molecule has 1 aromatic heterocycles. The number of anilines is 2. The van der Waals surface area contributed by atoms with E-state index >= 15 is 0 Å². The van der Waals surface area contributed by atoms with Gasteiger partial charge < -0.3 is 15.7 Å². The van der Waals surface area contributed by atoms with Gasteiger partial charge in [-0.3, -0.25) is 0 Å². The molecule has 4 nitrogen and oxygen atoms in total. The fraction of sp³-hybridized carbons (Fsp3) is 0.667. The van der Waals surface area contributed by atoms with Crippen LogP contribution in [-0.4, -0.2) is 29.8 Å². The molecule has 0 bridgehead atoms. The molecule has 3 N–H and O–H groups in total. The van der Waals surface area contributed by atoms with Crippen molar-refractivity contribution in [3.8, 4) is 0 Å². The maximum absolute atomic E-state index is 9.69. The standard InChI is InChI=1S/C15H25N3O/c1-2-16-13-7-6-8-14(18-13)17-11-15(12-19)9-4-3-5-10-15/h6-8,19H,2-5,9-12H2,1H3,(H2,16,17,18). The fourth-order valence-corrected chi connectivity index (χ4v) is 2.78. The van der Waals surface area contributed by atoms with Crippen molar-refractivity contribution in [2.45, 2.75) is 39.0 Å². The number of aliphatic hydroxyl groups excluding tert-OH is 1. The Morgan fingerprint density at radius 2 is 1.84 bits per heavy atom. The van der Waals surface area contributed by atoms with Gasteiger partial charge in [-0.25, -0.2) is 4.98 Å². The van der Waals surface area contributed by atoms with Gasteiger partial charge in [0.2, 0.25) is 0 Å². The van der Waals surface area contributed by atoms with Crippen LogP contribution in [0.1, 0.15) is 39.0 Å². The van der Waals surface area contributed by atoms with Gasteiger partial charge in [0, 0.05) is 18.5 Å². The number of aromatic nitrogens is 1. The van der Waals surface area contributed by atoms with Gasteiger partial charge in [-0.05, 0) is 31.9 Å². The summed E-state index contributed by atoms with van der Waals surface area (Å²) in [5.74, 6) is 1.78. The minimum Gasteiger partial charge on any atom is -0.396 e. The number of nitrogens with one attached hydrogen (secondary N) is 2. The first-order valence-electron chi connectivity index (χ1n) is 7.34. The highest BCUT2D eigenvalue weighted by Gasteiger charge is 2.31. The lowest BCUT2D eigenvalue weighted by molar-refractivity contribution is 0.0943. The number of rotatable bonds is 6. The summed E-state index contributed by atoms with van der Waals surface area (Å²) in [6.45, 7) is 4.01. The molecule has 1 heterocycles. The normalized spacial score (nSPS) is 18.0. The smallest absolute Gasteiger partial charge is 0.128 e. The molecule has 0 aromatic carbocycles. The molecule has 0 aliphatic heterocycles. The molecule has 1 aliphatic rings. The van der Waals surface area contributed by atoms with Gasteiger partial charge in [0.1, 0.15) is 11.6 Å². The zero-order chi connectivity index (χ0) is 13.6. The van der Waals surface area contributed by atoms with Crippen LogP contribution in [-0.2, 0) is 0 Å². The first-order chi connectivity index (χ1) is 9.28. The maximum atomic E-state index is 9.69. The van der Waals surface area contributed by atoms with Crippen molar-refractivity contribution in [1.82, 2.24) is 4.98 Å². The Balaban J connectivity index is 1.94. The molecule has 2 rings (SSSR count). The Hall–Kier alpha value is -1.29. The van der Waals surface area contributed by atoms with Gasteiger partial charge in [0.15, 0.2) is 0 Å². The molecule has 0 atom stereocenters. The zero-order valence-corrected chi connectivity index (χ0v) is 11.8. The second kappa shape index (κ2) is 6.75. The van der Waals surface area contributed by atoms with Crippen LogP contribution in [0, 0.1) is 5.41 Å². The Labute approximate surface area is 115 Å². The average molecular weight is 263 g/mol. The topological polar surface area (TPSA) is 57.2 Å². The van der Waals surface area contributed by atoms with Crippen LogP contribution >= 0.6 is 0 Å². The highest BCUT2D eigenvalue weighted by atomic mass is 16.3. The van der Waals surface area contributed by atoms with E-state index in [9.17, 15) is 5.11 Å². The molecule has 4 heteroatoms. The summed E-state index contributed by atoms with van der Waals surface area (Å²) in [6, 6.07) is 5.95. The summed E-state index contributed by atoms with van der Waals surface area (Å²) in [5, 5.41) is 16.3. The minimum atomic E-state index is 0.0497. The summed E-state index contributed by atoms with van der Waals surface area (Å²) in [5.41, 5.74) is 0.0497. The third kappa shape index (κ3) is 3.83. The highest BCUT2D eigenvalue weighted by Crippen LogP contribution is 2.35. The van der Waals surface area contributed by atoms with Crippen LogP contribution in [0.2, 0.25) is 0 Å². The molecule has 0 amide bonds. The first kappa shape index (κ1) is 14.1. The number of aliphatic hydroxyl groups is 1. The molecule has 1 aliphatic carbocycles. The molecule has 0 radical (unpaired) electrons. The van der Waals surface area contributed by atoms with Crippen molar-refractivity contribution in [3.63, 3.8) is 0 Å². The molecule has 0 saturated heterocycles. The fourth-order valence-electron chi connectivity index (χ4n) is 2.78. The van der Waals surface area contributed by atoms with Crippen molar-refractivity contribution < 1.29 is 5.11 Å². The van der Waals surface area contributed by atoms with Gasteiger partial charge in [0.25, 0.3) is 0 Å². The van der Waals surface area contributed by atoms with E-state index in [1.54, 1.807) is 0 Å². The second-order valence-electron chi connectivity index (χ2n) is 5.51. The SMILES string of the molecule is CCNc1cccc(NCC2(CO)CCCCC2)n1.